The summed E-state index contributed by atoms with van der Waals surface area (Å²) in [5.74, 6) is 0.857. The molecule has 1 aliphatic rings. The minimum absolute atomic E-state index is 0.0416. The molecule has 1 heterocycles. The van der Waals surface area contributed by atoms with Crippen LogP contribution in [0.2, 0.25) is 37.8 Å². The van der Waals surface area contributed by atoms with E-state index in [1.165, 1.54) is 0 Å². The van der Waals surface area contributed by atoms with E-state index >= 15 is 0 Å². The van der Waals surface area contributed by atoms with Crippen LogP contribution in [0, 0.1) is 0 Å². The number of methoxy groups -OCH3 is 1. The Morgan fingerprint density at radius 3 is 2.12 bits per heavy atom. The predicted molar refractivity (Wildman–Crippen MR) is 115 cm³/mol. The average Bonchev–Trinajstić information content (AvgIpc) is 3.28. The second kappa shape index (κ2) is 7.58. The van der Waals surface area contributed by atoms with Crippen molar-refractivity contribution in [1.29, 1.82) is 0 Å². The van der Waals surface area contributed by atoms with Crippen molar-refractivity contribution in [1.82, 2.24) is 0 Å². The highest BCUT2D eigenvalue weighted by atomic mass is 28.4. The molecule has 0 unspecified atom stereocenters. The van der Waals surface area contributed by atoms with E-state index in [-0.39, 0.29) is 17.2 Å². The van der Waals surface area contributed by atoms with Crippen molar-refractivity contribution in [2.75, 3.05) is 13.7 Å². The molecule has 0 N–H and O–H groups in total. The molecule has 0 aliphatic carbocycles. The van der Waals surface area contributed by atoms with Gasteiger partial charge in [-0.15, -0.1) is 0 Å². The van der Waals surface area contributed by atoms with Crippen LogP contribution >= 0.6 is 0 Å². The van der Waals surface area contributed by atoms with Crippen LogP contribution < -0.4 is 4.74 Å². The smallest absolute Gasteiger partial charge is 0.192 e. The summed E-state index contributed by atoms with van der Waals surface area (Å²) >= 11 is 0. The third-order valence-electron chi connectivity index (χ3n) is 5.11. The fourth-order valence-electron chi connectivity index (χ4n) is 2.43. The molecule has 26 heavy (non-hydrogen) atoms. The van der Waals surface area contributed by atoms with E-state index < -0.39 is 16.6 Å². The van der Waals surface area contributed by atoms with Crippen LogP contribution in [0.4, 0.5) is 0 Å². The van der Waals surface area contributed by atoms with Gasteiger partial charge in [0.25, 0.3) is 0 Å². The van der Waals surface area contributed by atoms with Gasteiger partial charge in [0.1, 0.15) is 18.0 Å². The predicted octanol–water partition coefficient (Wildman–Crippen LogP) is 5.11. The summed E-state index contributed by atoms with van der Waals surface area (Å²) in [6.07, 6.45) is 0.154. The van der Waals surface area contributed by atoms with Gasteiger partial charge in [0, 0.05) is 0 Å². The zero-order valence-electron chi connectivity index (χ0n) is 17.8. The second-order valence-corrected chi connectivity index (χ2v) is 18.9. The lowest BCUT2D eigenvalue weighted by atomic mass is 10.1. The molecule has 4 nitrogen and oxygen atoms in total. The number of nitrogens with zero attached hydrogens (tertiary/aromatic N) is 1. The first-order valence-electron chi connectivity index (χ1n) is 9.38. The Morgan fingerprint density at radius 1 is 1.08 bits per heavy atom. The molecule has 0 bridgehead atoms. The first kappa shape index (κ1) is 21.3. The summed E-state index contributed by atoms with van der Waals surface area (Å²) in [4.78, 5) is 0. The highest BCUT2D eigenvalue weighted by Crippen LogP contribution is 2.38. The third kappa shape index (κ3) is 5.52. The Kier molecular flexibility index (Phi) is 6.22. The van der Waals surface area contributed by atoms with Gasteiger partial charge in [-0.2, -0.15) is 0 Å². The molecule has 146 valence electrons. The molecule has 0 radical (unpaired) electrons. The Morgan fingerprint density at radius 2 is 1.65 bits per heavy atom. The van der Waals surface area contributed by atoms with Gasteiger partial charge >= 0.3 is 0 Å². The van der Waals surface area contributed by atoms with E-state index in [4.69, 9.17) is 18.6 Å². The molecule has 0 spiro atoms. The number of hydrogen-bond donors (Lipinski definition) is 0. The Hall–Kier alpha value is -0.956. The number of benzene rings is 1. The van der Waals surface area contributed by atoms with Crippen LogP contribution in [0.1, 0.15) is 26.3 Å². The zero-order chi connectivity index (χ0) is 19.8. The fraction of sp³-hybridized carbons (Fsp3) is 0.650. The van der Waals surface area contributed by atoms with E-state index in [9.17, 15) is 0 Å². The van der Waals surface area contributed by atoms with E-state index in [0.29, 0.717) is 6.61 Å². The first-order valence-corrected chi connectivity index (χ1v) is 15.7. The Labute approximate surface area is 161 Å². The molecule has 6 heteroatoms. The average molecular weight is 394 g/mol. The van der Waals surface area contributed by atoms with Crippen molar-refractivity contribution in [3.63, 3.8) is 0 Å². The van der Waals surface area contributed by atoms with E-state index in [2.05, 4.69) is 65.6 Å². The normalized spacial score (nSPS) is 21.7. The van der Waals surface area contributed by atoms with Crippen molar-refractivity contribution < 1.29 is 13.9 Å². The summed E-state index contributed by atoms with van der Waals surface area (Å²) in [7, 11) is -1.70. The summed E-state index contributed by atoms with van der Waals surface area (Å²) in [6, 6.07) is 8.12. The van der Waals surface area contributed by atoms with Crippen molar-refractivity contribution in [3.05, 3.63) is 29.8 Å². The quantitative estimate of drug-likeness (QED) is 0.367. The molecule has 0 aromatic heterocycles. The van der Waals surface area contributed by atoms with E-state index in [0.717, 1.165) is 17.0 Å². The van der Waals surface area contributed by atoms with Gasteiger partial charge in [0.05, 0.1) is 19.4 Å². The molecule has 2 rings (SSSR count). The maximum atomic E-state index is 6.35. The lowest BCUT2D eigenvalue weighted by Crippen LogP contribution is -2.42. The van der Waals surface area contributed by atoms with Crippen LogP contribution in [0.3, 0.4) is 0 Å². The van der Waals surface area contributed by atoms with Crippen LogP contribution in [0.25, 0.3) is 0 Å². The minimum atomic E-state index is -1.76. The second-order valence-electron chi connectivity index (χ2n) is 9.56. The molecule has 1 aliphatic heterocycles. The highest BCUT2D eigenvalue weighted by Gasteiger charge is 2.46. The van der Waals surface area contributed by atoms with Crippen LogP contribution in [-0.4, -0.2) is 48.2 Å². The van der Waals surface area contributed by atoms with Gasteiger partial charge in [-0.25, -0.2) is 0 Å². The van der Waals surface area contributed by atoms with Gasteiger partial charge in [0.2, 0.25) is 0 Å². The topological polar surface area (TPSA) is 43.3 Å². The van der Waals surface area contributed by atoms with E-state index in [1.807, 2.05) is 12.1 Å². The van der Waals surface area contributed by atoms with Crippen LogP contribution in [0.15, 0.2) is 28.9 Å². The fourth-order valence-corrected chi connectivity index (χ4v) is 4.43. The molecule has 0 amide bonds. The molecule has 1 aromatic carbocycles. The highest BCUT2D eigenvalue weighted by molar-refractivity contribution is 6.75. The Bertz CT molecular complexity index is 643. The van der Waals surface area contributed by atoms with Crippen molar-refractivity contribution in [3.8, 4) is 5.75 Å². The molecule has 2 atom stereocenters. The minimum Gasteiger partial charge on any atom is -0.497 e. The van der Waals surface area contributed by atoms with Crippen LogP contribution in [-0.2, 0) is 9.16 Å². The lowest BCUT2D eigenvalue weighted by molar-refractivity contribution is 0.243. The SMILES string of the molecule is COc1ccc(/C(=N\[Si](C)(C)C)[C@@H]2O[C@H]2CO[Si](C)(C)C(C)(C)C)cc1. The van der Waals surface area contributed by atoms with E-state index in [1.54, 1.807) is 7.11 Å². The number of rotatable bonds is 7. The maximum absolute atomic E-state index is 6.35. The van der Waals surface area contributed by atoms with Gasteiger partial charge < -0.3 is 18.6 Å². The summed E-state index contributed by atoms with van der Waals surface area (Å²) in [5.41, 5.74) is 2.18. The number of hydrogen-bond acceptors (Lipinski definition) is 4. The number of epoxide rings is 1. The largest absolute Gasteiger partial charge is 0.497 e. The lowest BCUT2D eigenvalue weighted by Gasteiger charge is -2.36. The maximum Gasteiger partial charge on any atom is 0.192 e. The van der Waals surface area contributed by atoms with Crippen molar-refractivity contribution >= 4 is 22.3 Å². The van der Waals surface area contributed by atoms with Crippen molar-refractivity contribution in [2.24, 2.45) is 4.66 Å². The summed E-state index contributed by atoms with van der Waals surface area (Å²) < 4.78 is 22.7. The van der Waals surface area contributed by atoms with Gasteiger partial charge in [-0.3, -0.25) is 0 Å². The van der Waals surface area contributed by atoms with Gasteiger partial charge in [-0.1, -0.05) is 20.8 Å². The standard InChI is InChI=1S/C20H35NO3Si2/c1-20(2,3)26(8,9)23-14-17-19(24-17)18(21-25(5,6)7)15-10-12-16(22-4)13-11-15/h10-13,17,19H,14H2,1-9H3/b21-18+/t17-,19+/m0/s1. The summed E-state index contributed by atoms with van der Waals surface area (Å²) in [6.45, 7) is 18.8. The third-order valence-corrected chi connectivity index (χ3v) is 10.5. The molecule has 1 aromatic rings. The molecule has 1 fully saturated rings. The molecule has 0 saturated carbocycles. The molecule has 1 saturated heterocycles. The monoisotopic (exact) mass is 393 g/mol. The van der Waals surface area contributed by atoms with Crippen LogP contribution in [0.5, 0.6) is 5.75 Å². The number of ether oxygens (including phenoxy) is 2. The molecular weight excluding hydrogens is 358 g/mol. The van der Waals surface area contributed by atoms with Gasteiger partial charge in [0.15, 0.2) is 16.6 Å². The Balaban J connectivity index is 2.13. The zero-order valence-corrected chi connectivity index (χ0v) is 19.8. The summed E-state index contributed by atoms with van der Waals surface area (Å²) in [5, 5.41) is 0.211. The van der Waals surface area contributed by atoms with Crippen molar-refractivity contribution in [2.45, 2.75) is 70.8 Å². The molecular formula is C20H35NO3Si2. The van der Waals surface area contributed by atoms with Gasteiger partial charge in [-0.05, 0) is 67.6 Å². The first-order chi connectivity index (χ1) is 11.8.